The van der Waals surface area contributed by atoms with E-state index in [1.165, 1.54) is 0 Å². The second-order valence-corrected chi connectivity index (χ2v) is 5.38. The minimum atomic E-state index is -0.636. The van der Waals surface area contributed by atoms with Crippen LogP contribution in [0.5, 0.6) is 0 Å². The Morgan fingerprint density at radius 1 is 1.12 bits per heavy atom. The van der Waals surface area contributed by atoms with E-state index < -0.39 is 12.2 Å². The molecule has 0 aromatic carbocycles. The van der Waals surface area contributed by atoms with Crippen molar-refractivity contribution in [2.75, 3.05) is 18.5 Å². The average molecular weight is 372 g/mol. The van der Waals surface area contributed by atoms with E-state index in [0.29, 0.717) is 11.4 Å². The third-order valence-electron chi connectivity index (χ3n) is 3.00. The van der Waals surface area contributed by atoms with E-state index in [9.17, 15) is 9.59 Å². The Morgan fingerprint density at radius 2 is 1.67 bits per heavy atom. The van der Waals surface area contributed by atoms with Crippen LogP contribution in [0, 0.1) is 6.92 Å². The molecule has 0 saturated carbocycles. The summed E-state index contributed by atoms with van der Waals surface area (Å²) >= 11 is 10.3. The lowest BCUT2D eigenvalue weighted by atomic mass is 10.3. The second kappa shape index (κ2) is 9.18. The van der Waals surface area contributed by atoms with Gasteiger partial charge in [-0.05, 0) is 39.1 Å². The molecule has 0 aliphatic carbocycles. The van der Waals surface area contributed by atoms with Crippen LogP contribution in [0.4, 0.5) is 15.3 Å². The third-order valence-corrected chi connectivity index (χ3v) is 3.51. The Kier molecular flexibility index (Phi) is 7.59. The van der Waals surface area contributed by atoms with Gasteiger partial charge in [-0.3, -0.25) is 10.6 Å². The van der Waals surface area contributed by atoms with Gasteiger partial charge in [0, 0.05) is 12.7 Å². The molecule has 8 nitrogen and oxygen atoms in total. The summed E-state index contributed by atoms with van der Waals surface area (Å²) in [5.41, 5.74) is 2.05. The minimum Gasteiger partial charge on any atom is -0.450 e. The number of hydrogen-bond donors (Lipinski definition) is 3. The molecule has 1 aromatic rings. The number of alkyl carbamates (subject to hydrolysis) is 2. The van der Waals surface area contributed by atoms with Crippen LogP contribution in [0.1, 0.15) is 25.2 Å². The summed E-state index contributed by atoms with van der Waals surface area (Å²) in [5.74, 6) is 0. The Labute approximate surface area is 150 Å². The Balaban J connectivity index is 2.81. The number of amides is 2. The summed E-state index contributed by atoms with van der Waals surface area (Å²) in [6, 6.07) is 1.71. The fourth-order valence-electron chi connectivity index (χ4n) is 1.78. The molecule has 2 amide bonds. The molecule has 24 heavy (non-hydrogen) atoms. The van der Waals surface area contributed by atoms with E-state index >= 15 is 0 Å². The molecule has 1 rings (SSSR count). The Morgan fingerprint density at radius 3 is 2.21 bits per heavy atom. The number of carbonyl (C=O) groups is 2. The van der Waals surface area contributed by atoms with Gasteiger partial charge in [0.15, 0.2) is 5.11 Å². The van der Waals surface area contributed by atoms with Crippen LogP contribution >= 0.6 is 24.4 Å². The first-order chi connectivity index (χ1) is 11.3. The quantitative estimate of drug-likeness (QED) is 0.698. The molecule has 10 heteroatoms. The number of thiocarbonyl (C=S) groups is 2. The van der Waals surface area contributed by atoms with E-state index in [0.717, 1.165) is 5.69 Å². The number of rotatable bonds is 4. The molecule has 0 saturated heterocycles. The highest BCUT2D eigenvalue weighted by Gasteiger charge is 2.16. The van der Waals surface area contributed by atoms with Crippen molar-refractivity contribution < 1.29 is 19.1 Å². The smallest absolute Gasteiger partial charge is 0.413 e. The first-order valence-corrected chi connectivity index (χ1v) is 8.00. The number of ether oxygens (including phenoxy) is 2. The molecule has 0 bridgehead atoms. The topological polar surface area (TPSA) is 93.6 Å². The molecule has 132 valence electrons. The first-order valence-electron chi connectivity index (χ1n) is 7.19. The van der Waals surface area contributed by atoms with Crippen molar-refractivity contribution >= 4 is 52.4 Å². The number of aromatic nitrogens is 1. The molecule has 0 unspecified atom stereocenters. The van der Waals surface area contributed by atoms with Crippen LogP contribution in [0.3, 0.4) is 0 Å². The Hall–Kier alpha value is -2.20. The highest BCUT2D eigenvalue weighted by Crippen LogP contribution is 2.20. The van der Waals surface area contributed by atoms with Gasteiger partial charge >= 0.3 is 12.2 Å². The van der Waals surface area contributed by atoms with Gasteiger partial charge in [0.25, 0.3) is 0 Å². The van der Waals surface area contributed by atoms with Crippen molar-refractivity contribution in [2.24, 2.45) is 7.05 Å². The summed E-state index contributed by atoms with van der Waals surface area (Å²) in [6.45, 7) is 5.74. The van der Waals surface area contributed by atoms with Gasteiger partial charge in [0.1, 0.15) is 4.99 Å². The summed E-state index contributed by atoms with van der Waals surface area (Å²) in [4.78, 5) is 23.0. The first kappa shape index (κ1) is 19.8. The van der Waals surface area contributed by atoms with Crippen molar-refractivity contribution in [3.05, 3.63) is 17.5 Å². The highest BCUT2D eigenvalue weighted by atomic mass is 32.1. The van der Waals surface area contributed by atoms with Gasteiger partial charge in [0.2, 0.25) is 0 Å². The fourth-order valence-corrected chi connectivity index (χ4v) is 2.25. The van der Waals surface area contributed by atoms with Gasteiger partial charge in [-0.2, -0.15) is 0 Å². The molecule has 0 radical (unpaired) electrons. The lowest BCUT2D eigenvalue weighted by Gasteiger charge is -2.09. The standard InChI is InChI=1S/C14H20N4O4S2/c1-5-21-13(19)16-11(23)10-7-9(8(3)18(10)4)15-12(24)17-14(20)22-6-2/h7H,5-6H2,1-4H3,(H,16,19,23)(H2,15,17,20,24). The number of nitrogens with zero attached hydrogens (tertiary/aromatic N) is 1. The van der Waals surface area contributed by atoms with Gasteiger partial charge in [-0.25, -0.2) is 9.59 Å². The lowest BCUT2D eigenvalue weighted by Crippen LogP contribution is -2.34. The number of nitrogens with one attached hydrogen (secondary N) is 3. The zero-order valence-electron chi connectivity index (χ0n) is 13.9. The second-order valence-electron chi connectivity index (χ2n) is 4.56. The normalized spacial score (nSPS) is 9.83. The molecular formula is C14H20N4O4S2. The van der Waals surface area contributed by atoms with Crippen LogP contribution in [0.15, 0.2) is 6.07 Å². The minimum absolute atomic E-state index is 0.0953. The summed E-state index contributed by atoms with van der Waals surface area (Å²) in [7, 11) is 1.79. The zero-order chi connectivity index (χ0) is 18.3. The van der Waals surface area contributed by atoms with Gasteiger partial charge < -0.3 is 19.4 Å². The van der Waals surface area contributed by atoms with E-state index in [4.69, 9.17) is 33.9 Å². The number of anilines is 1. The molecule has 0 atom stereocenters. The third kappa shape index (κ3) is 5.46. The number of carbonyl (C=O) groups excluding carboxylic acids is 2. The molecule has 0 aliphatic rings. The molecule has 0 spiro atoms. The molecule has 1 aromatic heterocycles. The summed E-state index contributed by atoms with van der Waals surface area (Å²) in [6.07, 6.45) is -1.25. The van der Waals surface area contributed by atoms with Crippen LogP contribution in [0.2, 0.25) is 0 Å². The molecule has 1 heterocycles. The van der Waals surface area contributed by atoms with Crippen molar-refractivity contribution in [3.8, 4) is 0 Å². The zero-order valence-corrected chi connectivity index (χ0v) is 15.5. The van der Waals surface area contributed by atoms with Gasteiger partial charge in [0.05, 0.1) is 24.6 Å². The van der Waals surface area contributed by atoms with Crippen molar-refractivity contribution in [1.29, 1.82) is 0 Å². The van der Waals surface area contributed by atoms with E-state index in [1.807, 2.05) is 6.92 Å². The molecule has 0 aliphatic heterocycles. The Bertz CT molecular complexity index is 657. The highest BCUT2D eigenvalue weighted by molar-refractivity contribution is 7.81. The van der Waals surface area contributed by atoms with Crippen LogP contribution in [-0.4, -0.2) is 40.1 Å². The van der Waals surface area contributed by atoms with Gasteiger partial charge in [-0.15, -0.1) is 0 Å². The molecule has 0 fully saturated rings. The van der Waals surface area contributed by atoms with E-state index in [2.05, 4.69) is 16.0 Å². The van der Waals surface area contributed by atoms with Crippen LogP contribution in [0.25, 0.3) is 0 Å². The summed E-state index contributed by atoms with van der Waals surface area (Å²) < 4.78 is 11.3. The van der Waals surface area contributed by atoms with E-state index in [1.54, 1.807) is 31.5 Å². The predicted molar refractivity (Wildman–Crippen MR) is 98.4 cm³/mol. The maximum absolute atomic E-state index is 11.5. The maximum Gasteiger partial charge on any atom is 0.413 e. The van der Waals surface area contributed by atoms with Crippen LogP contribution in [-0.2, 0) is 16.5 Å². The monoisotopic (exact) mass is 372 g/mol. The lowest BCUT2D eigenvalue weighted by molar-refractivity contribution is 0.157. The van der Waals surface area contributed by atoms with Crippen LogP contribution < -0.4 is 16.0 Å². The van der Waals surface area contributed by atoms with Crippen molar-refractivity contribution in [2.45, 2.75) is 20.8 Å². The molecule has 3 N–H and O–H groups in total. The van der Waals surface area contributed by atoms with E-state index in [-0.39, 0.29) is 23.3 Å². The number of hydrogen-bond acceptors (Lipinski definition) is 6. The fraction of sp³-hybridized carbons (Fsp3) is 0.429. The SMILES string of the molecule is CCOC(=O)NC(=S)Nc1cc(C(=S)NC(=O)OCC)n(C)c1C. The largest absolute Gasteiger partial charge is 0.450 e. The summed E-state index contributed by atoms with van der Waals surface area (Å²) in [5, 5.41) is 7.86. The average Bonchev–Trinajstić information content (AvgIpc) is 2.76. The molecular weight excluding hydrogens is 352 g/mol. The predicted octanol–water partition coefficient (Wildman–Crippen LogP) is 2.20. The van der Waals surface area contributed by atoms with Gasteiger partial charge in [-0.1, -0.05) is 12.2 Å². The maximum atomic E-state index is 11.5. The van der Waals surface area contributed by atoms with Crippen molar-refractivity contribution in [3.63, 3.8) is 0 Å². The van der Waals surface area contributed by atoms with Crippen molar-refractivity contribution in [1.82, 2.24) is 15.2 Å².